The maximum Gasteiger partial charge on any atom is 0.123 e. The quantitative estimate of drug-likeness (QED) is 0.883. The second-order valence-corrected chi connectivity index (χ2v) is 5.29. The van der Waals surface area contributed by atoms with Gasteiger partial charge in [0.2, 0.25) is 0 Å². The highest BCUT2D eigenvalue weighted by molar-refractivity contribution is 7.99. The summed E-state index contributed by atoms with van der Waals surface area (Å²) in [6.07, 6.45) is 0.935. The van der Waals surface area contributed by atoms with Gasteiger partial charge < -0.3 is 5.73 Å². The van der Waals surface area contributed by atoms with Gasteiger partial charge in [0.25, 0.3) is 0 Å². The second-order valence-electron chi connectivity index (χ2n) is 4.14. The Kier molecular flexibility index (Phi) is 4.39. The van der Waals surface area contributed by atoms with Gasteiger partial charge in [0.15, 0.2) is 0 Å². The Morgan fingerprint density at radius 2 is 1.50 bits per heavy atom. The molecule has 0 spiro atoms. The van der Waals surface area contributed by atoms with Crippen molar-refractivity contribution in [2.45, 2.75) is 29.2 Å². The first-order valence-corrected chi connectivity index (χ1v) is 6.79. The Morgan fingerprint density at radius 3 is 2.00 bits per heavy atom. The summed E-state index contributed by atoms with van der Waals surface area (Å²) >= 11 is 1.62. The summed E-state index contributed by atoms with van der Waals surface area (Å²) in [7, 11) is 0. The third-order valence-corrected chi connectivity index (χ3v) is 3.81. The third kappa shape index (κ3) is 3.34. The van der Waals surface area contributed by atoms with Crippen LogP contribution in [-0.4, -0.2) is 0 Å². The Bertz CT molecular complexity index is 493. The Balaban J connectivity index is 2.08. The fourth-order valence-electron chi connectivity index (χ4n) is 1.66. The lowest BCUT2D eigenvalue weighted by Crippen LogP contribution is -2.07. The van der Waals surface area contributed by atoms with E-state index in [1.165, 1.54) is 12.1 Å². The molecule has 0 fully saturated rings. The molecule has 18 heavy (non-hydrogen) atoms. The minimum atomic E-state index is -0.205. The number of rotatable bonds is 4. The molecule has 0 saturated carbocycles. The van der Waals surface area contributed by atoms with Crippen molar-refractivity contribution < 1.29 is 4.39 Å². The Hall–Kier alpha value is -1.32. The van der Waals surface area contributed by atoms with Crippen LogP contribution in [0.15, 0.2) is 58.3 Å². The largest absolute Gasteiger partial charge is 0.324 e. The molecule has 0 aromatic heterocycles. The molecule has 2 N–H and O–H groups in total. The van der Waals surface area contributed by atoms with Crippen LogP contribution in [0.2, 0.25) is 0 Å². The van der Waals surface area contributed by atoms with Crippen LogP contribution in [0.3, 0.4) is 0 Å². The summed E-state index contributed by atoms with van der Waals surface area (Å²) in [5.41, 5.74) is 7.12. The molecule has 0 amide bonds. The standard InChI is InChI=1S/C15H16FNS/c1-2-15(17)11-3-7-13(8-4-11)18-14-9-5-12(16)6-10-14/h3-10,15H,2,17H2,1H3. The molecular formula is C15H16FNS. The van der Waals surface area contributed by atoms with Crippen molar-refractivity contribution in [3.05, 3.63) is 59.9 Å². The highest BCUT2D eigenvalue weighted by Gasteiger charge is 2.03. The summed E-state index contributed by atoms with van der Waals surface area (Å²) in [4.78, 5) is 2.16. The molecule has 0 aliphatic rings. The van der Waals surface area contributed by atoms with E-state index in [1.807, 2.05) is 0 Å². The molecule has 2 aromatic carbocycles. The third-order valence-electron chi connectivity index (χ3n) is 2.80. The monoisotopic (exact) mass is 261 g/mol. The molecule has 2 rings (SSSR count). The maximum absolute atomic E-state index is 12.8. The van der Waals surface area contributed by atoms with Gasteiger partial charge in [-0.25, -0.2) is 4.39 Å². The molecule has 0 heterocycles. The van der Waals surface area contributed by atoms with Gasteiger partial charge in [-0.15, -0.1) is 0 Å². The zero-order chi connectivity index (χ0) is 13.0. The lowest BCUT2D eigenvalue weighted by atomic mass is 10.1. The van der Waals surface area contributed by atoms with E-state index in [-0.39, 0.29) is 11.9 Å². The van der Waals surface area contributed by atoms with Crippen LogP contribution >= 0.6 is 11.8 Å². The molecule has 94 valence electrons. The van der Waals surface area contributed by atoms with E-state index in [4.69, 9.17) is 5.73 Å². The van der Waals surface area contributed by atoms with Gasteiger partial charge in [0.1, 0.15) is 5.82 Å². The number of hydrogen-bond acceptors (Lipinski definition) is 2. The van der Waals surface area contributed by atoms with Crippen LogP contribution in [0, 0.1) is 5.82 Å². The van der Waals surface area contributed by atoms with E-state index in [2.05, 4.69) is 31.2 Å². The van der Waals surface area contributed by atoms with Crippen molar-refractivity contribution in [2.24, 2.45) is 5.73 Å². The minimum absolute atomic E-state index is 0.106. The molecule has 0 bridgehead atoms. The topological polar surface area (TPSA) is 26.0 Å². The van der Waals surface area contributed by atoms with E-state index in [1.54, 1.807) is 23.9 Å². The summed E-state index contributed by atoms with van der Waals surface area (Å²) in [5, 5.41) is 0. The zero-order valence-electron chi connectivity index (χ0n) is 10.3. The van der Waals surface area contributed by atoms with Gasteiger partial charge in [-0.1, -0.05) is 30.8 Å². The lowest BCUT2D eigenvalue weighted by Gasteiger charge is -2.09. The fourth-order valence-corrected chi connectivity index (χ4v) is 2.47. The first kappa shape index (κ1) is 13.1. The maximum atomic E-state index is 12.8. The molecule has 2 aromatic rings. The summed E-state index contributed by atoms with van der Waals surface area (Å²) < 4.78 is 12.8. The van der Waals surface area contributed by atoms with Crippen molar-refractivity contribution >= 4 is 11.8 Å². The smallest absolute Gasteiger partial charge is 0.123 e. The van der Waals surface area contributed by atoms with Gasteiger partial charge in [0.05, 0.1) is 0 Å². The van der Waals surface area contributed by atoms with E-state index in [0.29, 0.717) is 0 Å². The summed E-state index contributed by atoms with van der Waals surface area (Å²) in [6, 6.07) is 14.8. The average Bonchev–Trinajstić information content (AvgIpc) is 2.41. The van der Waals surface area contributed by atoms with Gasteiger partial charge in [0, 0.05) is 15.8 Å². The summed E-state index contributed by atoms with van der Waals surface area (Å²) in [5.74, 6) is -0.205. The van der Waals surface area contributed by atoms with Crippen molar-refractivity contribution in [3.8, 4) is 0 Å². The molecule has 1 nitrogen and oxygen atoms in total. The fraction of sp³-hybridized carbons (Fsp3) is 0.200. The van der Waals surface area contributed by atoms with Gasteiger partial charge in [-0.2, -0.15) is 0 Å². The predicted molar refractivity (Wildman–Crippen MR) is 74.2 cm³/mol. The number of nitrogens with two attached hydrogens (primary N) is 1. The van der Waals surface area contributed by atoms with Crippen molar-refractivity contribution in [1.82, 2.24) is 0 Å². The SMILES string of the molecule is CCC(N)c1ccc(Sc2ccc(F)cc2)cc1. The molecule has 0 aliphatic carbocycles. The first-order valence-electron chi connectivity index (χ1n) is 5.98. The molecule has 3 heteroatoms. The number of halogens is 1. The number of hydrogen-bond donors (Lipinski definition) is 1. The van der Waals surface area contributed by atoms with Gasteiger partial charge in [-0.3, -0.25) is 0 Å². The molecular weight excluding hydrogens is 245 g/mol. The normalized spacial score (nSPS) is 12.4. The highest BCUT2D eigenvalue weighted by atomic mass is 32.2. The van der Waals surface area contributed by atoms with E-state index in [0.717, 1.165) is 21.8 Å². The van der Waals surface area contributed by atoms with E-state index >= 15 is 0 Å². The van der Waals surface area contributed by atoms with E-state index in [9.17, 15) is 4.39 Å². The average molecular weight is 261 g/mol. The summed E-state index contributed by atoms with van der Waals surface area (Å²) in [6.45, 7) is 2.08. The van der Waals surface area contributed by atoms with Crippen molar-refractivity contribution in [3.63, 3.8) is 0 Å². The number of benzene rings is 2. The Labute approximate surface area is 111 Å². The molecule has 0 aliphatic heterocycles. The van der Waals surface area contributed by atoms with Crippen LogP contribution in [0.5, 0.6) is 0 Å². The van der Waals surface area contributed by atoms with Crippen LogP contribution < -0.4 is 5.73 Å². The molecule has 1 atom stereocenters. The van der Waals surface area contributed by atoms with E-state index < -0.39 is 0 Å². The van der Waals surface area contributed by atoms with Crippen LogP contribution in [0.25, 0.3) is 0 Å². The first-order chi connectivity index (χ1) is 8.69. The zero-order valence-corrected chi connectivity index (χ0v) is 11.1. The minimum Gasteiger partial charge on any atom is -0.324 e. The molecule has 1 unspecified atom stereocenters. The Morgan fingerprint density at radius 1 is 1.00 bits per heavy atom. The predicted octanol–water partition coefficient (Wildman–Crippen LogP) is 4.39. The van der Waals surface area contributed by atoms with Crippen LogP contribution in [0.4, 0.5) is 4.39 Å². The van der Waals surface area contributed by atoms with Crippen LogP contribution in [0.1, 0.15) is 24.9 Å². The van der Waals surface area contributed by atoms with Gasteiger partial charge >= 0.3 is 0 Å². The van der Waals surface area contributed by atoms with Gasteiger partial charge in [-0.05, 0) is 48.4 Å². The van der Waals surface area contributed by atoms with Crippen LogP contribution in [-0.2, 0) is 0 Å². The van der Waals surface area contributed by atoms with Crippen molar-refractivity contribution in [1.29, 1.82) is 0 Å². The second kappa shape index (κ2) is 6.03. The molecule has 0 saturated heterocycles. The lowest BCUT2D eigenvalue weighted by molar-refractivity contribution is 0.626. The highest BCUT2D eigenvalue weighted by Crippen LogP contribution is 2.28. The van der Waals surface area contributed by atoms with Crippen molar-refractivity contribution in [2.75, 3.05) is 0 Å². The molecule has 0 radical (unpaired) electrons.